The second-order valence-corrected chi connectivity index (χ2v) is 8.02. The van der Waals surface area contributed by atoms with E-state index in [2.05, 4.69) is 43.3 Å². The number of carbonyl (C=O) groups is 2. The van der Waals surface area contributed by atoms with Crippen molar-refractivity contribution >= 4 is 33.4 Å². The van der Waals surface area contributed by atoms with Crippen LogP contribution in [0.1, 0.15) is 32.3 Å². The lowest BCUT2D eigenvalue weighted by atomic mass is 10.2. The molecule has 0 aliphatic carbocycles. The first-order valence-corrected chi connectivity index (χ1v) is 10.5. The van der Waals surface area contributed by atoms with E-state index in [1.54, 1.807) is 0 Å². The van der Waals surface area contributed by atoms with Crippen molar-refractivity contribution in [1.82, 2.24) is 15.1 Å². The van der Waals surface area contributed by atoms with Gasteiger partial charge in [0, 0.05) is 37.2 Å². The van der Waals surface area contributed by atoms with E-state index in [4.69, 9.17) is 0 Å². The van der Waals surface area contributed by atoms with Crippen LogP contribution < -0.4 is 10.6 Å². The minimum Gasteiger partial charge on any atom is -0.355 e. The average molecular weight is 439 g/mol. The zero-order valence-electron chi connectivity index (χ0n) is 16.6. The van der Waals surface area contributed by atoms with Crippen molar-refractivity contribution in [1.29, 1.82) is 0 Å². The maximum absolute atomic E-state index is 12.6. The summed E-state index contributed by atoms with van der Waals surface area (Å²) in [4.78, 5) is 28.9. The summed E-state index contributed by atoms with van der Waals surface area (Å²) in [6.45, 7) is 10.4. The summed E-state index contributed by atoms with van der Waals surface area (Å²) in [5.41, 5.74) is 1.93. The van der Waals surface area contributed by atoms with Crippen LogP contribution in [0.2, 0.25) is 0 Å². The molecule has 6 nitrogen and oxygen atoms in total. The molecule has 1 fully saturated rings. The first-order chi connectivity index (χ1) is 12.9. The number of anilines is 1. The quantitative estimate of drug-likeness (QED) is 0.612. The Balaban J connectivity index is 1.77. The number of carbonyl (C=O) groups excluding carboxylic acids is 2. The number of rotatable bonds is 8. The third-order valence-corrected chi connectivity index (χ3v) is 5.59. The number of halogens is 1. The first kappa shape index (κ1) is 21.9. The number of nitrogens with one attached hydrogen (secondary N) is 2. The van der Waals surface area contributed by atoms with Gasteiger partial charge in [-0.3, -0.25) is 19.4 Å². The Hall–Kier alpha value is -1.44. The molecule has 1 aromatic rings. The highest BCUT2D eigenvalue weighted by molar-refractivity contribution is 9.10. The van der Waals surface area contributed by atoms with Crippen molar-refractivity contribution in [2.45, 2.75) is 39.7 Å². The van der Waals surface area contributed by atoms with Gasteiger partial charge in [-0.25, -0.2) is 0 Å². The van der Waals surface area contributed by atoms with Gasteiger partial charge >= 0.3 is 0 Å². The molecule has 0 radical (unpaired) electrons. The van der Waals surface area contributed by atoms with E-state index in [0.717, 1.165) is 61.3 Å². The topological polar surface area (TPSA) is 64.7 Å². The number of amides is 2. The maximum Gasteiger partial charge on any atom is 0.241 e. The summed E-state index contributed by atoms with van der Waals surface area (Å²) in [5.74, 6) is 0.0808. The molecular weight excluding hydrogens is 408 g/mol. The van der Waals surface area contributed by atoms with Gasteiger partial charge in [0.25, 0.3) is 0 Å². The van der Waals surface area contributed by atoms with Crippen LogP contribution in [0.5, 0.6) is 0 Å². The molecule has 2 N–H and O–H groups in total. The van der Waals surface area contributed by atoms with E-state index < -0.39 is 0 Å². The van der Waals surface area contributed by atoms with Gasteiger partial charge in [-0.15, -0.1) is 0 Å². The number of hydrogen-bond acceptors (Lipinski definition) is 4. The zero-order valence-corrected chi connectivity index (χ0v) is 18.1. The third kappa shape index (κ3) is 6.90. The third-order valence-electron chi connectivity index (χ3n) is 4.94. The van der Waals surface area contributed by atoms with Crippen LogP contribution in [0.25, 0.3) is 0 Å². The van der Waals surface area contributed by atoms with E-state index in [0.29, 0.717) is 6.54 Å². The van der Waals surface area contributed by atoms with Gasteiger partial charge in [0.1, 0.15) is 0 Å². The molecule has 27 heavy (non-hydrogen) atoms. The largest absolute Gasteiger partial charge is 0.355 e. The second-order valence-electron chi connectivity index (χ2n) is 7.16. The molecule has 1 aliphatic rings. The second kappa shape index (κ2) is 10.8. The summed E-state index contributed by atoms with van der Waals surface area (Å²) in [7, 11) is 0. The Kier molecular flexibility index (Phi) is 8.73. The van der Waals surface area contributed by atoms with Crippen molar-refractivity contribution in [3.63, 3.8) is 0 Å². The van der Waals surface area contributed by atoms with Crippen molar-refractivity contribution in [3.8, 4) is 0 Å². The summed E-state index contributed by atoms with van der Waals surface area (Å²) in [6.07, 6.45) is 2.10. The Morgan fingerprint density at radius 1 is 1.22 bits per heavy atom. The molecule has 150 valence electrons. The molecule has 7 heteroatoms. The van der Waals surface area contributed by atoms with Crippen LogP contribution in [0.3, 0.4) is 0 Å². The first-order valence-electron chi connectivity index (χ1n) is 9.70. The highest BCUT2D eigenvalue weighted by Gasteiger charge is 2.26. The number of aryl methyl sites for hydroxylation is 1. The van der Waals surface area contributed by atoms with E-state index >= 15 is 0 Å². The molecule has 2 amide bonds. The Morgan fingerprint density at radius 2 is 1.93 bits per heavy atom. The predicted octanol–water partition coefficient (Wildman–Crippen LogP) is 2.62. The van der Waals surface area contributed by atoms with Crippen molar-refractivity contribution in [3.05, 3.63) is 28.2 Å². The van der Waals surface area contributed by atoms with Gasteiger partial charge in [-0.05, 0) is 53.9 Å². The monoisotopic (exact) mass is 438 g/mol. The van der Waals surface area contributed by atoms with Crippen molar-refractivity contribution < 1.29 is 9.59 Å². The Bertz CT molecular complexity index is 645. The average Bonchev–Trinajstić information content (AvgIpc) is 2.64. The standard InChI is InChI=1S/C20H31BrN4O2/c1-4-5-8-22-19(26)14-24-9-11-25(12-10-24)16(3)20(27)23-18-7-6-15(2)13-17(18)21/h6-7,13,16H,4-5,8-12,14H2,1-3H3,(H,22,26)(H,23,27). The molecule has 1 atom stereocenters. The fourth-order valence-corrected chi connectivity index (χ4v) is 3.69. The van der Waals surface area contributed by atoms with Gasteiger partial charge in [-0.2, -0.15) is 0 Å². The molecule has 0 saturated carbocycles. The summed E-state index contributed by atoms with van der Waals surface area (Å²) >= 11 is 3.50. The molecule has 0 bridgehead atoms. The number of piperazine rings is 1. The van der Waals surface area contributed by atoms with Crippen molar-refractivity contribution in [2.75, 3.05) is 44.6 Å². The number of unbranched alkanes of at least 4 members (excludes halogenated alkanes) is 1. The van der Waals surface area contributed by atoms with Crippen LogP contribution in [0.15, 0.2) is 22.7 Å². The number of benzene rings is 1. The zero-order chi connectivity index (χ0) is 19.8. The smallest absolute Gasteiger partial charge is 0.241 e. The Morgan fingerprint density at radius 3 is 2.56 bits per heavy atom. The maximum atomic E-state index is 12.6. The lowest BCUT2D eigenvalue weighted by molar-refractivity contribution is -0.124. The molecule has 1 aromatic carbocycles. The molecular formula is C20H31BrN4O2. The fourth-order valence-electron chi connectivity index (χ4n) is 3.10. The normalized spacial score (nSPS) is 16.7. The lowest BCUT2D eigenvalue weighted by Crippen LogP contribution is -2.54. The van der Waals surface area contributed by atoms with Gasteiger partial charge in [0.05, 0.1) is 18.3 Å². The van der Waals surface area contributed by atoms with Crippen LogP contribution in [0.4, 0.5) is 5.69 Å². The molecule has 1 aliphatic heterocycles. The van der Waals surface area contributed by atoms with Gasteiger partial charge in [-0.1, -0.05) is 19.4 Å². The van der Waals surface area contributed by atoms with E-state index in [1.807, 2.05) is 32.0 Å². The molecule has 1 unspecified atom stereocenters. The van der Waals surface area contributed by atoms with Crippen LogP contribution in [-0.2, 0) is 9.59 Å². The minimum atomic E-state index is -0.210. The highest BCUT2D eigenvalue weighted by atomic mass is 79.9. The fraction of sp³-hybridized carbons (Fsp3) is 0.600. The van der Waals surface area contributed by atoms with Gasteiger partial charge < -0.3 is 10.6 Å². The SMILES string of the molecule is CCCCNC(=O)CN1CCN(C(C)C(=O)Nc2ccc(C)cc2Br)CC1. The Labute approximate surface area is 170 Å². The summed E-state index contributed by atoms with van der Waals surface area (Å²) < 4.78 is 0.891. The molecule has 0 spiro atoms. The molecule has 1 heterocycles. The van der Waals surface area contributed by atoms with E-state index in [-0.39, 0.29) is 17.9 Å². The summed E-state index contributed by atoms with van der Waals surface area (Å²) in [5, 5.41) is 5.96. The molecule has 1 saturated heterocycles. The van der Waals surface area contributed by atoms with E-state index in [1.165, 1.54) is 0 Å². The van der Waals surface area contributed by atoms with Crippen LogP contribution >= 0.6 is 15.9 Å². The predicted molar refractivity (Wildman–Crippen MR) is 113 cm³/mol. The highest BCUT2D eigenvalue weighted by Crippen LogP contribution is 2.23. The number of hydrogen-bond donors (Lipinski definition) is 2. The van der Waals surface area contributed by atoms with Crippen molar-refractivity contribution in [2.24, 2.45) is 0 Å². The molecule has 2 rings (SSSR count). The van der Waals surface area contributed by atoms with Crippen LogP contribution in [0, 0.1) is 6.92 Å². The van der Waals surface area contributed by atoms with Crippen LogP contribution in [-0.4, -0.2) is 66.9 Å². The minimum absolute atomic E-state index is 0.00897. The van der Waals surface area contributed by atoms with E-state index in [9.17, 15) is 9.59 Å². The lowest BCUT2D eigenvalue weighted by Gasteiger charge is -2.37. The van der Waals surface area contributed by atoms with Gasteiger partial charge in [0.2, 0.25) is 11.8 Å². The number of nitrogens with zero attached hydrogens (tertiary/aromatic N) is 2. The van der Waals surface area contributed by atoms with Gasteiger partial charge in [0.15, 0.2) is 0 Å². The molecule has 0 aromatic heterocycles. The summed E-state index contributed by atoms with van der Waals surface area (Å²) in [6, 6.07) is 5.68.